The van der Waals surface area contributed by atoms with Crippen molar-refractivity contribution in [2.45, 2.75) is 26.0 Å². The summed E-state index contributed by atoms with van der Waals surface area (Å²) in [6, 6.07) is 14.7. The second-order valence-electron chi connectivity index (χ2n) is 6.64. The van der Waals surface area contributed by atoms with E-state index in [0.29, 0.717) is 25.4 Å². The molecule has 1 unspecified atom stereocenters. The van der Waals surface area contributed by atoms with Crippen LogP contribution in [0.25, 0.3) is 0 Å². The summed E-state index contributed by atoms with van der Waals surface area (Å²) in [6.07, 6.45) is 0.721. The molecule has 0 spiro atoms. The maximum Gasteiger partial charge on any atom is 0.234 e. The number of para-hydroxylation sites is 3. The molecule has 0 bridgehead atoms. The van der Waals surface area contributed by atoms with Gasteiger partial charge in [0.15, 0.2) is 11.5 Å². The molecule has 0 fully saturated rings. The Morgan fingerprint density at radius 1 is 1.19 bits per heavy atom. The van der Waals surface area contributed by atoms with Crippen LogP contribution in [-0.2, 0) is 11.3 Å². The van der Waals surface area contributed by atoms with Crippen LogP contribution < -0.4 is 14.8 Å². The average molecular weight is 370 g/mol. The topological polar surface area (TPSA) is 71.0 Å². The van der Waals surface area contributed by atoms with E-state index < -0.39 is 0 Å². The molecule has 0 saturated carbocycles. The number of benzene rings is 2. The minimum absolute atomic E-state index is 0.0682. The zero-order valence-electron chi connectivity index (χ0n) is 15.6. The number of hydrogen-bond donors (Lipinski definition) is 2. The number of phenolic OH excluding ortho intramolecular Hbond substituents is 1. The van der Waals surface area contributed by atoms with Crippen molar-refractivity contribution in [2.24, 2.45) is 0 Å². The Balaban J connectivity index is 1.49. The molecule has 6 nitrogen and oxygen atoms in total. The third-order valence-corrected chi connectivity index (χ3v) is 4.39. The van der Waals surface area contributed by atoms with Crippen LogP contribution in [0.1, 0.15) is 18.9 Å². The monoisotopic (exact) mass is 370 g/mol. The molecular weight excluding hydrogens is 344 g/mol. The first-order valence-electron chi connectivity index (χ1n) is 9.30. The van der Waals surface area contributed by atoms with Gasteiger partial charge in [0.05, 0.1) is 13.1 Å². The summed E-state index contributed by atoms with van der Waals surface area (Å²) in [6.45, 7) is 4.45. The van der Waals surface area contributed by atoms with Crippen molar-refractivity contribution < 1.29 is 19.4 Å². The SMILES string of the molecule is CCCN(CC(=O)NCC1COc2ccccc2O1)Cc1ccccc1O. The lowest BCUT2D eigenvalue weighted by molar-refractivity contribution is -0.122. The Labute approximate surface area is 159 Å². The van der Waals surface area contributed by atoms with E-state index in [9.17, 15) is 9.90 Å². The summed E-state index contributed by atoms with van der Waals surface area (Å²) in [4.78, 5) is 14.4. The second kappa shape index (κ2) is 9.28. The van der Waals surface area contributed by atoms with Crippen molar-refractivity contribution in [2.75, 3.05) is 26.2 Å². The highest BCUT2D eigenvalue weighted by atomic mass is 16.6. The van der Waals surface area contributed by atoms with E-state index in [1.54, 1.807) is 12.1 Å². The van der Waals surface area contributed by atoms with Crippen molar-refractivity contribution in [1.29, 1.82) is 0 Å². The van der Waals surface area contributed by atoms with E-state index in [2.05, 4.69) is 12.2 Å². The lowest BCUT2D eigenvalue weighted by Crippen LogP contribution is -2.44. The number of amides is 1. The van der Waals surface area contributed by atoms with Crippen molar-refractivity contribution in [3.63, 3.8) is 0 Å². The van der Waals surface area contributed by atoms with Crippen molar-refractivity contribution in [3.8, 4) is 17.2 Å². The smallest absolute Gasteiger partial charge is 0.234 e. The van der Waals surface area contributed by atoms with E-state index in [1.807, 2.05) is 41.3 Å². The molecule has 1 aliphatic heterocycles. The van der Waals surface area contributed by atoms with Crippen LogP contribution in [0.5, 0.6) is 17.2 Å². The van der Waals surface area contributed by atoms with Gasteiger partial charge in [0.1, 0.15) is 18.5 Å². The summed E-state index contributed by atoms with van der Waals surface area (Å²) in [5, 5.41) is 12.9. The van der Waals surface area contributed by atoms with Crippen LogP contribution in [0.4, 0.5) is 0 Å². The van der Waals surface area contributed by atoms with Gasteiger partial charge < -0.3 is 19.9 Å². The number of carbonyl (C=O) groups is 1. The van der Waals surface area contributed by atoms with Gasteiger partial charge in [0, 0.05) is 12.1 Å². The van der Waals surface area contributed by atoms with Crippen molar-refractivity contribution >= 4 is 5.91 Å². The van der Waals surface area contributed by atoms with Gasteiger partial charge >= 0.3 is 0 Å². The molecule has 0 radical (unpaired) electrons. The first-order valence-corrected chi connectivity index (χ1v) is 9.30. The lowest BCUT2D eigenvalue weighted by atomic mass is 10.2. The average Bonchev–Trinajstić information content (AvgIpc) is 2.68. The molecule has 0 aromatic heterocycles. The summed E-state index contributed by atoms with van der Waals surface area (Å²) >= 11 is 0. The Morgan fingerprint density at radius 3 is 2.70 bits per heavy atom. The molecule has 27 heavy (non-hydrogen) atoms. The van der Waals surface area contributed by atoms with E-state index in [-0.39, 0.29) is 24.3 Å². The number of phenols is 1. The predicted octanol–water partition coefficient (Wildman–Crippen LogP) is 2.56. The van der Waals surface area contributed by atoms with Crippen LogP contribution in [0.3, 0.4) is 0 Å². The zero-order valence-corrected chi connectivity index (χ0v) is 15.6. The van der Waals surface area contributed by atoms with Crippen LogP contribution in [0.15, 0.2) is 48.5 Å². The van der Waals surface area contributed by atoms with Gasteiger partial charge in [-0.1, -0.05) is 37.3 Å². The fourth-order valence-corrected chi connectivity index (χ4v) is 3.07. The van der Waals surface area contributed by atoms with E-state index in [4.69, 9.17) is 9.47 Å². The Kier molecular flexibility index (Phi) is 6.54. The van der Waals surface area contributed by atoms with Crippen molar-refractivity contribution in [3.05, 3.63) is 54.1 Å². The standard InChI is InChI=1S/C21H26N2O4/c1-2-11-23(13-16-7-3-4-8-18(16)24)14-21(25)22-12-17-15-26-19-9-5-6-10-20(19)27-17/h3-10,17,24H,2,11-15H2,1H3,(H,22,25). The van der Waals surface area contributed by atoms with Crippen LogP contribution in [0, 0.1) is 0 Å². The van der Waals surface area contributed by atoms with E-state index >= 15 is 0 Å². The fraction of sp³-hybridized carbons (Fsp3) is 0.381. The highest BCUT2D eigenvalue weighted by Crippen LogP contribution is 2.30. The van der Waals surface area contributed by atoms with Crippen molar-refractivity contribution in [1.82, 2.24) is 10.2 Å². The van der Waals surface area contributed by atoms with Crippen LogP contribution in [-0.4, -0.2) is 48.3 Å². The summed E-state index contributed by atoms with van der Waals surface area (Å²) in [7, 11) is 0. The third kappa shape index (κ3) is 5.37. The van der Waals surface area contributed by atoms with Gasteiger partial charge in [-0.2, -0.15) is 0 Å². The van der Waals surface area contributed by atoms with E-state index in [1.165, 1.54) is 0 Å². The molecule has 0 saturated heterocycles. The normalized spacial score (nSPS) is 15.6. The number of hydrogen-bond acceptors (Lipinski definition) is 5. The minimum atomic E-state index is -0.207. The largest absolute Gasteiger partial charge is 0.508 e. The molecule has 144 valence electrons. The van der Waals surface area contributed by atoms with Crippen LogP contribution >= 0.6 is 0 Å². The lowest BCUT2D eigenvalue weighted by Gasteiger charge is -2.27. The first-order chi connectivity index (χ1) is 13.2. The maximum absolute atomic E-state index is 12.4. The number of aromatic hydroxyl groups is 1. The van der Waals surface area contributed by atoms with Gasteiger partial charge in [-0.15, -0.1) is 0 Å². The molecule has 1 atom stereocenters. The molecule has 0 aliphatic carbocycles. The molecule has 2 aromatic carbocycles. The van der Waals surface area contributed by atoms with E-state index in [0.717, 1.165) is 24.3 Å². The Morgan fingerprint density at radius 2 is 1.93 bits per heavy atom. The number of nitrogens with zero attached hydrogens (tertiary/aromatic N) is 1. The summed E-state index contributed by atoms with van der Waals surface area (Å²) < 4.78 is 11.5. The summed E-state index contributed by atoms with van der Waals surface area (Å²) in [5.74, 6) is 1.62. The number of carbonyl (C=O) groups excluding carboxylic acids is 1. The first kappa shape index (κ1) is 19.0. The number of nitrogens with one attached hydrogen (secondary N) is 1. The van der Waals surface area contributed by atoms with Gasteiger partial charge in [-0.05, 0) is 31.2 Å². The Hall–Kier alpha value is -2.73. The Bertz CT molecular complexity index is 765. The highest BCUT2D eigenvalue weighted by Gasteiger charge is 2.21. The fourth-order valence-electron chi connectivity index (χ4n) is 3.07. The van der Waals surface area contributed by atoms with Gasteiger partial charge in [0.25, 0.3) is 0 Å². The highest BCUT2D eigenvalue weighted by molar-refractivity contribution is 5.78. The molecule has 2 aromatic rings. The second-order valence-corrected chi connectivity index (χ2v) is 6.64. The minimum Gasteiger partial charge on any atom is -0.508 e. The zero-order chi connectivity index (χ0) is 19.1. The predicted molar refractivity (Wildman–Crippen MR) is 103 cm³/mol. The van der Waals surface area contributed by atoms with Crippen LogP contribution in [0.2, 0.25) is 0 Å². The molecule has 1 amide bonds. The molecular formula is C21H26N2O4. The number of fused-ring (bicyclic) bond motifs is 1. The summed E-state index contributed by atoms with van der Waals surface area (Å²) in [5.41, 5.74) is 0.819. The number of ether oxygens (including phenoxy) is 2. The molecule has 1 heterocycles. The van der Waals surface area contributed by atoms with Gasteiger partial charge in [-0.25, -0.2) is 0 Å². The third-order valence-electron chi connectivity index (χ3n) is 4.39. The molecule has 1 aliphatic rings. The number of rotatable bonds is 8. The maximum atomic E-state index is 12.4. The molecule has 3 rings (SSSR count). The quantitative estimate of drug-likeness (QED) is 0.747. The van der Waals surface area contributed by atoms with Gasteiger partial charge in [0.2, 0.25) is 5.91 Å². The van der Waals surface area contributed by atoms with Gasteiger partial charge in [-0.3, -0.25) is 9.69 Å². The molecule has 2 N–H and O–H groups in total. The molecule has 6 heteroatoms.